The first-order chi connectivity index (χ1) is 9.11. The van der Waals surface area contributed by atoms with Gasteiger partial charge in [0, 0.05) is 17.2 Å². The van der Waals surface area contributed by atoms with Crippen LogP contribution in [0.1, 0.15) is 25.2 Å². The van der Waals surface area contributed by atoms with E-state index in [1.54, 1.807) is 6.92 Å². The van der Waals surface area contributed by atoms with Crippen LogP contribution in [0.3, 0.4) is 0 Å². The van der Waals surface area contributed by atoms with Gasteiger partial charge in [0.1, 0.15) is 11.5 Å². The Hall–Kier alpha value is -2.24. The van der Waals surface area contributed by atoms with E-state index in [2.05, 4.69) is 19.9 Å². The summed E-state index contributed by atoms with van der Waals surface area (Å²) in [4.78, 5) is 14.9. The second kappa shape index (κ2) is 6.63. The van der Waals surface area contributed by atoms with Crippen molar-refractivity contribution < 1.29 is 13.9 Å². The van der Waals surface area contributed by atoms with Crippen LogP contribution in [-0.2, 0) is 9.53 Å². The highest BCUT2D eigenvalue weighted by Crippen LogP contribution is 2.17. The quantitative estimate of drug-likeness (QED) is 0.669. The lowest BCUT2D eigenvalue weighted by Gasteiger charge is -1.96. The summed E-state index contributed by atoms with van der Waals surface area (Å²) < 4.78 is 18.0. The lowest BCUT2D eigenvalue weighted by molar-refractivity contribution is -0.134. The van der Waals surface area contributed by atoms with Crippen molar-refractivity contribution >= 4 is 23.1 Å². The molecule has 0 fully saturated rings. The maximum absolute atomic E-state index is 13.6. The van der Waals surface area contributed by atoms with Crippen LogP contribution >= 0.6 is 0 Å². The Morgan fingerprint density at radius 3 is 2.79 bits per heavy atom. The molecule has 0 spiro atoms. The van der Waals surface area contributed by atoms with Gasteiger partial charge in [-0.3, -0.25) is 5.10 Å². The number of nitrogens with one attached hydrogen (secondary N) is 1. The molecule has 1 N–H and O–H groups in total. The maximum atomic E-state index is 13.6. The van der Waals surface area contributed by atoms with Gasteiger partial charge >= 0.3 is 5.97 Å². The maximum Gasteiger partial charge on any atom is 0.330 e. The average molecular weight is 265 g/mol. The molecule has 0 amide bonds. The van der Waals surface area contributed by atoms with Crippen LogP contribution in [0, 0.1) is 12.7 Å². The molecule has 0 radical (unpaired) electrons. The van der Waals surface area contributed by atoms with Crippen LogP contribution in [0.2, 0.25) is 0 Å². The number of pyridine rings is 1. The van der Waals surface area contributed by atoms with E-state index in [1.165, 1.54) is 19.3 Å². The van der Waals surface area contributed by atoms with Crippen LogP contribution in [0.5, 0.6) is 0 Å². The summed E-state index contributed by atoms with van der Waals surface area (Å²) >= 11 is 0. The highest BCUT2D eigenvalue weighted by Gasteiger charge is 2.08. The zero-order chi connectivity index (χ0) is 14.4. The highest BCUT2D eigenvalue weighted by molar-refractivity contribution is 5.87. The van der Waals surface area contributed by atoms with Crippen LogP contribution in [0.25, 0.3) is 17.1 Å². The minimum atomic E-state index is -0.565. The number of methoxy groups -OCH3 is 1. The predicted octanol–water partition coefficient (Wildman–Crippen LogP) is 2.62. The van der Waals surface area contributed by atoms with Crippen LogP contribution in [0.15, 0.2) is 12.1 Å². The topological polar surface area (TPSA) is 67.9 Å². The normalized spacial score (nSPS) is 10.4. The van der Waals surface area contributed by atoms with E-state index in [9.17, 15) is 9.18 Å². The zero-order valence-corrected chi connectivity index (χ0v) is 11.3. The number of aryl methyl sites for hydroxylation is 1. The SMILES string of the molecule is CC.COC(=O)/C=C/c1nc2n[nH]c(C)c2cc1F. The zero-order valence-electron chi connectivity index (χ0n) is 11.3. The highest BCUT2D eigenvalue weighted by atomic mass is 19.1. The molecule has 0 aliphatic rings. The third-order valence-corrected chi connectivity index (χ3v) is 2.29. The molecule has 0 aliphatic heterocycles. The lowest BCUT2D eigenvalue weighted by atomic mass is 10.2. The summed E-state index contributed by atoms with van der Waals surface area (Å²) in [6, 6.07) is 1.33. The second-order valence-corrected chi connectivity index (χ2v) is 3.43. The van der Waals surface area contributed by atoms with E-state index in [0.717, 1.165) is 11.8 Å². The molecule has 0 bridgehead atoms. The largest absolute Gasteiger partial charge is 0.466 e. The van der Waals surface area contributed by atoms with Crippen LogP contribution in [-0.4, -0.2) is 28.3 Å². The number of aromatic nitrogens is 3. The van der Waals surface area contributed by atoms with E-state index in [0.29, 0.717) is 11.0 Å². The van der Waals surface area contributed by atoms with E-state index in [4.69, 9.17) is 0 Å². The number of rotatable bonds is 2. The third kappa shape index (κ3) is 3.37. The molecule has 0 saturated carbocycles. The molecule has 0 aromatic carbocycles. The van der Waals surface area contributed by atoms with Gasteiger partial charge in [-0.15, -0.1) is 0 Å². The van der Waals surface area contributed by atoms with Crippen molar-refractivity contribution in [2.45, 2.75) is 20.8 Å². The van der Waals surface area contributed by atoms with Crippen LogP contribution < -0.4 is 0 Å². The fourth-order valence-corrected chi connectivity index (χ4v) is 1.38. The van der Waals surface area contributed by atoms with E-state index in [1.807, 2.05) is 13.8 Å². The monoisotopic (exact) mass is 265 g/mol. The number of fused-ring (bicyclic) bond motifs is 1. The van der Waals surface area contributed by atoms with Gasteiger partial charge in [-0.1, -0.05) is 13.8 Å². The molecule has 2 rings (SSSR count). The Morgan fingerprint density at radius 1 is 1.47 bits per heavy atom. The number of H-pyrrole nitrogens is 1. The van der Waals surface area contributed by atoms with Crippen molar-refractivity contribution in [3.63, 3.8) is 0 Å². The molecule has 19 heavy (non-hydrogen) atoms. The number of hydrogen-bond donors (Lipinski definition) is 1. The third-order valence-electron chi connectivity index (χ3n) is 2.29. The Labute approximate surface area is 110 Å². The summed E-state index contributed by atoms with van der Waals surface area (Å²) in [5.41, 5.74) is 1.21. The van der Waals surface area contributed by atoms with E-state index >= 15 is 0 Å². The Bertz CT molecular complexity index is 605. The van der Waals surface area contributed by atoms with Gasteiger partial charge in [-0.2, -0.15) is 5.10 Å². The Morgan fingerprint density at radius 2 is 2.16 bits per heavy atom. The summed E-state index contributed by atoms with van der Waals surface area (Å²) in [5, 5.41) is 7.25. The first-order valence-corrected chi connectivity index (χ1v) is 5.89. The molecule has 2 aromatic rings. The predicted molar refractivity (Wildman–Crippen MR) is 71.0 cm³/mol. The van der Waals surface area contributed by atoms with Crippen LogP contribution in [0.4, 0.5) is 4.39 Å². The molecule has 0 unspecified atom stereocenters. The lowest BCUT2D eigenvalue weighted by Crippen LogP contribution is -1.95. The van der Waals surface area contributed by atoms with Gasteiger partial charge in [0.15, 0.2) is 5.65 Å². The molecule has 2 aromatic heterocycles. The number of carbonyl (C=O) groups is 1. The number of nitrogens with zero attached hydrogens (tertiary/aromatic N) is 2. The van der Waals surface area contributed by atoms with Gasteiger partial charge < -0.3 is 4.74 Å². The number of ether oxygens (including phenoxy) is 1. The standard InChI is InChI=1S/C11H10FN3O2.C2H6/c1-6-7-5-8(12)9(3-4-10(16)17-2)13-11(7)15-14-6;1-2/h3-5H,1-2H3,(H,13,14,15);1-2H3/b4-3+;. The average Bonchev–Trinajstić information content (AvgIpc) is 2.79. The van der Waals surface area contributed by atoms with Crippen molar-refractivity contribution in [1.29, 1.82) is 0 Å². The molecule has 6 heteroatoms. The Kier molecular flexibility index (Phi) is 5.17. The van der Waals surface area contributed by atoms with Gasteiger partial charge in [0.25, 0.3) is 0 Å². The van der Waals surface area contributed by atoms with Crippen molar-refractivity contribution in [3.8, 4) is 0 Å². The van der Waals surface area contributed by atoms with Crippen molar-refractivity contribution in [2.75, 3.05) is 7.11 Å². The molecular weight excluding hydrogens is 249 g/mol. The van der Waals surface area contributed by atoms with Gasteiger partial charge in [0.2, 0.25) is 0 Å². The molecule has 102 valence electrons. The number of aromatic amines is 1. The minimum absolute atomic E-state index is 0.0504. The number of esters is 1. The smallest absolute Gasteiger partial charge is 0.330 e. The minimum Gasteiger partial charge on any atom is -0.466 e. The van der Waals surface area contributed by atoms with E-state index < -0.39 is 11.8 Å². The molecule has 5 nitrogen and oxygen atoms in total. The van der Waals surface area contributed by atoms with Crippen molar-refractivity contribution in [2.24, 2.45) is 0 Å². The molecule has 0 saturated heterocycles. The summed E-state index contributed by atoms with van der Waals surface area (Å²) in [5.74, 6) is -1.08. The number of halogens is 1. The number of hydrogen-bond acceptors (Lipinski definition) is 4. The van der Waals surface area contributed by atoms with Gasteiger partial charge in [-0.05, 0) is 19.1 Å². The number of carbonyl (C=O) groups excluding carboxylic acids is 1. The molecular formula is C13H16FN3O2. The molecule has 0 aliphatic carbocycles. The van der Waals surface area contributed by atoms with Crippen molar-refractivity contribution in [3.05, 3.63) is 29.3 Å². The second-order valence-electron chi connectivity index (χ2n) is 3.43. The first-order valence-electron chi connectivity index (χ1n) is 5.89. The van der Waals surface area contributed by atoms with Gasteiger partial charge in [0.05, 0.1) is 7.11 Å². The summed E-state index contributed by atoms with van der Waals surface area (Å²) in [6.45, 7) is 5.78. The molecule has 2 heterocycles. The fraction of sp³-hybridized carbons (Fsp3) is 0.308. The Balaban J connectivity index is 0.000000861. The summed E-state index contributed by atoms with van der Waals surface area (Å²) in [6.07, 6.45) is 2.36. The van der Waals surface area contributed by atoms with E-state index in [-0.39, 0.29) is 5.69 Å². The molecule has 0 atom stereocenters. The van der Waals surface area contributed by atoms with Crippen molar-refractivity contribution in [1.82, 2.24) is 15.2 Å². The first kappa shape index (κ1) is 14.8. The fourth-order valence-electron chi connectivity index (χ4n) is 1.38. The van der Waals surface area contributed by atoms with Gasteiger partial charge in [-0.25, -0.2) is 14.2 Å². The summed E-state index contributed by atoms with van der Waals surface area (Å²) in [7, 11) is 1.25.